The van der Waals surface area contributed by atoms with E-state index in [-0.39, 0.29) is 17.1 Å². The summed E-state index contributed by atoms with van der Waals surface area (Å²) in [7, 11) is 1.58. The molecule has 1 amide bonds. The van der Waals surface area contributed by atoms with Gasteiger partial charge in [-0.05, 0) is 42.3 Å². The summed E-state index contributed by atoms with van der Waals surface area (Å²) in [6, 6.07) is 9.82. The van der Waals surface area contributed by atoms with E-state index in [9.17, 15) is 9.59 Å². The molecule has 3 heterocycles. The molecular weight excluding hydrogens is 496 g/mol. The number of ether oxygens (including phenoxy) is 3. The lowest BCUT2D eigenvalue weighted by atomic mass is 9.98. The Morgan fingerprint density at radius 1 is 1.05 bits per heavy atom. The van der Waals surface area contributed by atoms with Crippen LogP contribution in [0.3, 0.4) is 0 Å². The number of rotatable bonds is 9. The number of hydrogen-bond donors (Lipinski definition) is 0. The number of carbonyl (C=O) groups excluding carboxylic acids is 1. The van der Waals surface area contributed by atoms with Gasteiger partial charge in [0.1, 0.15) is 5.58 Å². The Labute approximate surface area is 220 Å². The maximum absolute atomic E-state index is 13.8. The summed E-state index contributed by atoms with van der Waals surface area (Å²) in [4.78, 5) is 31.4. The SMILES string of the molecule is CCCCOc1ccc(C2c3c(oc4ccc(Cl)cc4c3=O)C(=O)N2CCN2CCOCC2)cc1OC. The van der Waals surface area contributed by atoms with E-state index < -0.39 is 6.04 Å². The highest BCUT2D eigenvalue weighted by molar-refractivity contribution is 6.31. The van der Waals surface area contributed by atoms with Gasteiger partial charge in [0.25, 0.3) is 5.91 Å². The van der Waals surface area contributed by atoms with Crippen LogP contribution < -0.4 is 14.9 Å². The Morgan fingerprint density at radius 3 is 2.62 bits per heavy atom. The number of unbranched alkanes of at least 4 members (excludes halogenated alkanes) is 1. The zero-order chi connectivity index (χ0) is 25.9. The molecule has 5 rings (SSSR count). The van der Waals surface area contributed by atoms with Gasteiger partial charge in [0.2, 0.25) is 5.76 Å². The number of nitrogens with zero attached hydrogens (tertiary/aromatic N) is 2. The summed E-state index contributed by atoms with van der Waals surface area (Å²) < 4.78 is 23.0. The number of fused-ring (bicyclic) bond motifs is 2. The number of hydrogen-bond acceptors (Lipinski definition) is 7. The van der Waals surface area contributed by atoms with E-state index in [0.717, 1.165) is 31.5 Å². The van der Waals surface area contributed by atoms with Gasteiger partial charge in [-0.1, -0.05) is 31.0 Å². The van der Waals surface area contributed by atoms with Gasteiger partial charge in [-0.15, -0.1) is 0 Å². The van der Waals surface area contributed by atoms with Gasteiger partial charge in [-0.2, -0.15) is 0 Å². The van der Waals surface area contributed by atoms with Crippen molar-refractivity contribution in [2.45, 2.75) is 25.8 Å². The maximum Gasteiger partial charge on any atom is 0.290 e. The van der Waals surface area contributed by atoms with Crippen molar-refractivity contribution in [3.63, 3.8) is 0 Å². The standard InChI is InChI=1S/C28H31ClN2O6/c1-3-4-13-36-22-7-5-18(16-23(22)34-2)25-24-26(32)20-17-19(29)6-8-21(20)37-27(24)28(33)31(25)10-9-30-11-14-35-15-12-30/h5-8,16-17,25H,3-4,9-15H2,1-2H3. The Balaban J connectivity index is 1.57. The molecule has 2 aromatic carbocycles. The quantitative estimate of drug-likeness (QED) is 0.379. The number of methoxy groups -OCH3 is 1. The van der Waals surface area contributed by atoms with E-state index in [0.29, 0.717) is 66.0 Å². The second-order valence-corrected chi connectivity index (χ2v) is 9.72. The van der Waals surface area contributed by atoms with Crippen molar-refractivity contribution < 1.29 is 23.4 Å². The number of benzene rings is 2. The minimum absolute atomic E-state index is 0.0778. The van der Waals surface area contributed by atoms with Gasteiger partial charge >= 0.3 is 0 Å². The van der Waals surface area contributed by atoms with E-state index >= 15 is 0 Å². The molecule has 9 heteroatoms. The van der Waals surface area contributed by atoms with Crippen LogP contribution in [-0.2, 0) is 4.74 Å². The van der Waals surface area contributed by atoms with Crippen LogP contribution in [0.15, 0.2) is 45.6 Å². The van der Waals surface area contributed by atoms with Crippen LogP contribution >= 0.6 is 11.6 Å². The Hall–Kier alpha value is -3.07. The Bertz CT molecular complexity index is 1350. The molecule has 1 unspecified atom stereocenters. The molecule has 0 saturated carbocycles. The fourth-order valence-corrected chi connectivity index (χ4v) is 5.12. The predicted octanol–water partition coefficient (Wildman–Crippen LogP) is 4.51. The third-order valence-electron chi connectivity index (χ3n) is 6.95. The average molecular weight is 527 g/mol. The van der Waals surface area contributed by atoms with Gasteiger partial charge in [0.15, 0.2) is 16.9 Å². The maximum atomic E-state index is 13.8. The Morgan fingerprint density at radius 2 is 1.86 bits per heavy atom. The first-order valence-corrected chi connectivity index (χ1v) is 13.1. The zero-order valence-corrected chi connectivity index (χ0v) is 21.9. The monoisotopic (exact) mass is 526 g/mol. The summed E-state index contributed by atoms with van der Waals surface area (Å²) in [5, 5.41) is 0.783. The van der Waals surface area contributed by atoms with E-state index in [1.54, 1.807) is 30.2 Å². The molecular formula is C28H31ClN2O6. The minimum Gasteiger partial charge on any atom is -0.493 e. The lowest BCUT2D eigenvalue weighted by Crippen LogP contribution is -2.42. The molecule has 1 saturated heterocycles. The fraction of sp³-hybridized carbons (Fsp3) is 0.429. The normalized spacial score (nSPS) is 17.9. The largest absolute Gasteiger partial charge is 0.493 e. The summed E-state index contributed by atoms with van der Waals surface area (Å²) in [5.74, 6) is 0.954. The highest BCUT2D eigenvalue weighted by Crippen LogP contribution is 2.41. The molecule has 0 bridgehead atoms. The van der Waals surface area contributed by atoms with Gasteiger partial charge in [-0.25, -0.2) is 0 Å². The van der Waals surface area contributed by atoms with E-state index in [1.807, 2.05) is 18.2 Å². The second kappa shape index (κ2) is 11.1. The van der Waals surface area contributed by atoms with Crippen LogP contribution in [0.25, 0.3) is 11.0 Å². The molecule has 1 fully saturated rings. The minimum atomic E-state index is -0.623. The lowest BCUT2D eigenvalue weighted by Gasteiger charge is -2.31. The average Bonchev–Trinajstić information content (AvgIpc) is 3.20. The van der Waals surface area contributed by atoms with Crippen LogP contribution in [0.2, 0.25) is 5.02 Å². The van der Waals surface area contributed by atoms with Crippen molar-refractivity contribution in [3.05, 3.63) is 68.5 Å². The van der Waals surface area contributed by atoms with Crippen molar-refractivity contribution in [1.29, 1.82) is 0 Å². The number of amides is 1. The van der Waals surface area contributed by atoms with Crippen molar-refractivity contribution in [1.82, 2.24) is 9.80 Å². The number of carbonyl (C=O) groups is 1. The topological polar surface area (TPSA) is 81.5 Å². The van der Waals surface area contributed by atoms with Gasteiger partial charge < -0.3 is 23.5 Å². The molecule has 196 valence electrons. The molecule has 2 aliphatic rings. The van der Waals surface area contributed by atoms with E-state index in [2.05, 4.69) is 11.8 Å². The third kappa shape index (κ3) is 5.06. The van der Waals surface area contributed by atoms with Gasteiger partial charge in [0.05, 0.1) is 43.9 Å². The highest BCUT2D eigenvalue weighted by atomic mass is 35.5. The van der Waals surface area contributed by atoms with E-state index in [4.69, 9.17) is 30.2 Å². The smallest absolute Gasteiger partial charge is 0.290 e. The Kier molecular flexibility index (Phi) is 7.69. The summed E-state index contributed by atoms with van der Waals surface area (Å²) in [6.07, 6.45) is 1.95. The van der Waals surface area contributed by atoms with Crippen molar-refractivity contribution in [3.8, 4) is 11.5 Å². The van der Waals surface area contributed by atoms with Crippen LogP contribution in [-0.4, -0.2) is 68.8 Å². The summed E-state index contributed by atoms with van der Waals surface area (Å²) >= 11 is 6.19. The third-order valence-corrected chi connectivity index (χ3v) is 7.18. The van der Waals surface area contributed by atoms with Gasteiger partial charge in [0, 0.05) is 31.2 Å². The fourth-order valence-electron chi connectivity index (χ4n) is 4.94. The molecule has 37 heavy (non-hydrogen) atoms. The molecule has 8 nitrogen and oxygen atoms in total. The summed E-state index contributed by atoms with van der Waals surface area (Å²) in [6.45, 7) is 6.72. The highest BCUT2D eigenvalue weighted by Gasteiger charge is 2.43. The second-order valence-electron chi connectivity index (χ2n) is 9.28. The molecule has 2 aliphatic heterocycles. The zero-order valence-electron chi connectivity index (χ0n) is 21.1. The van der Waals surface area contributed by atoms with Crippen LogP contribution in [0.4, 0.5) is 0 Å². The van der Waals surface area contributed by atoms with Crippen molar-refractivity contribution >= 4 is 28.5 Å². The van der Waals surface area contributed by atoms with Crippen LogP contribution in [0, 0.1) is 0 Å². The molecule has 0 aliphatic carbocycles. The first-order chi connectivity index (χ1) is 18.0. The molecule has 1 aromatic heterocycles. The number of morpholine rings is 1. The van der Waals surface area contributed by atoms with Crippen molar-refractivity contribution in [2.24, 2.45) is 0 Å². The molecule has 3 aromatic rings. The van der Waals surface area contributed by atoms with Crippen LogP contribution in [0.1, 0.15) is 47.5 Å². The first kappa shape index (κ1) is 25.6. The molecule has 0 N–H and O–H groups in total. The molecule has 0 spiro atoms. The molecule has 1 atom stereocenters. The summed E-state index contributed by atoms with van der Waals surface area (Å²) in [5.41, 5.74) is 1.16. The van der Waals surface area contributed by atoms with Crippen LogP contribution in [0.5, 0.6) is 11.5 Å². The first-order valence-electron chi connectivity index (χ1n) is 12.7. The number of halogens is 1. The predicted molar refractivity (Wildman–Crippen MR) is 141 cm³/mol. The molecule has 0 radical (unpaired) electrons. The van der Waals surface area contributed by atoms with Crippen molar-refractivity contribution in [2.75, 3.05) is 53.1 Å². The lowest BCUT2D eigenvalue weighted by molar-refractivity contribution is 0.0314. The van der Waals surface area contributed by atoms with Gasteiger partial charge in [-0.3, -0.25) is 14.5 Å². The van der Waals surface area contributed by atoms with E-state index in [1.165, 1.54) is 0 Å².